The summed E-state index contributed by atoms with van der Waals surface area (Å²) in [6, 6.07) is 9.17. The summed E-state index contributed by atoms with van der Waals surface area (Å²) in [7, 11) is 0. The molecule has 134 valence electrons. The topological polar surface area (TPSA) is 102 Å². The molecule has 3 rings (SSSR count). The first-order valence-electron chi connectivity index (χ1n) is 7.63. The van der Waals surface area contributed by atoms with Crippen LogP contribution in [0.5, 0.6) is 5.75 Å². The van der Waals surface area contributed by atoms with Crippen molar-refractivity contribution in [3.8, 4) is 5.75 Å². The Labute approximate surface area is 153 Å². The number of halogens is 1. The first-order valence-corrected chi connectivity index (χ1v) is 8.00. The smallest absolute Gasteiger partial charge is 0.274 e. The van der Waals surface area contributed by atoms with Crippen molar-refractivity contribution in [3.63, 3.8) is 0 Å². The first kappa shape index (κ1) is 17.7. The van der Waals surface area contributed by atoms with E-state index >= 15 is 0 Å². The number of nitrogens with one attached hydrogen (secondary N) is 1. The number of amides is 2. The molecule has 0 fully saturated rings. The lowest BCUT2D eigenvalue weighted by atomic mass is 10.2. The molecule has 0 radical (unpaired) electrons. The number of rotatable bonds is 4. The maximum atomic E-state index is 12.3. The molecule has 0 bridgehead atoms. The average Bonchev–Trinajstić information content (AvgIpc) is 2.59. The minimum atomic E-state index is -0.519. The van der Waals surface area contributed by atoms with E-state index in [4.69, 9.17) is 16.3 Å². The van der Waals surface area contributed by atoms with Crippen molar-refractivity contribution < 1.29 is 19.2 Å². The highest BCUT2D eigenvalue weighted by Gasteiger charge is 2.27. The van der Waals surface area contributed by atoms with E-state index in [0.717, 1.165) is 0 Å². The number of hydrogen-bond acceptors (Lipinski definition) is 5. The third-order valence-electron chi connectivity index (χ3n) is 3.86. The largest absolute Gasteiger partial charge is 0.482 e. The Hall–Kier alpha value is -3.13. The molecular formula is C17H14ClN3O5. The lowest BCUT2D eigenvalue weighted by molar-refractivity contribution is -0.385. The van der Waals surface area contributed by atoms with E-state index in [2.05, 4.69) is 5.32 Å². The van der Waals surface area contributed by atoms with Gasteiger partial charge in [0.1, 0.15) is 12.3 Å². The number of carbonyl (C=O) groups excluding carboxylic acids is 2. The Bertz CT molecular complexity index is 915. The Morgan fingerprint density at radius 2 is 2.12 bits per heavy atom. The zero-order chi connectivity index (χ0) is 18.8. The van der Waals surface area contributed by atoms with Crippen LogP contribution in [0.3, 0.4) is 0 Å². The second-order valence-electron chi connectivity index (χ2n) is 5.69. The Morgan fingerprint density at radius 3 is 2.85 bits per heavy atom. The number of nitro benzene ring substituents is 1. The maximum absolute atomic E-state index is 12.3. The van der Waals surface area contributed by atoms with Gasteiger partial charge < -0.3 is 10.1 Å². The molecule has 1 aliphatic heterocycles. The number of benzene rings is 2. The quantitative estimate of drug-likeness (QED) is 0.654. The zero-order valence-electron chi connectivity index (χ0n) is 13.7. The van der Waals surface area contributed by atoms with Gasteiger partial charge in [-0.1, -0.05) is 17.7 Å². The van der Waals surface area contributed by atoms with E-state index in [1.807, 2.05) is 0 Å². The summed E-state index contributed by atoms with van der Waals surface area (Å²) in [4.78, 5) is 36.2. The monoisotopic (exact) mass is 375 g/mol. The van der Waals surface area contributed by atoms with E-state index in [-0.39, 0.29) is 30.4 Å². The van der Waals surface area contributed by atoms with Crippen molar-refractivity contribution in [2.75, 3.05) is 23.4 Å². The molecule has 0 aromatic heterocycles. The van der Waals surface area contributed by atoms with Crippen molar-refractivity contribution in [3.05, 3.63) is 57.1 Å². The highest BCUT2D eigenvalue weighted by molar-refractivity contribution is 6.31. The molecule has 2 aromatic carbocycles. The number of fused-ring (bicyclic) bond motifs is 1. The summed E-state index contributed by atoms with van der Waals surface area (Å²) in [5.41, 5.74) is 1.07. The van der Waals surface area contributed by atoms with Gasteiger partial charge in [-0.15, -0.1) is 0 Å². The number of aryl methyl sites for hydroxylation is 1. The van der Waals surface area contributed by atoms with Crippen molar-refractivity contribution in [2.45, 2.75) is 6.92 Å². The molecule has 1 aliphatic rings. The zero-order valence-corrected chi connectivity index (χ0v) is 14.4. The first-order chi connectivity index (χ1) is 12.3. The molecule has 0 saturated carbocycles. The summed E-state index contributed by atoms with van der Waals surface area (Å²) < 4.78 is 5.32. The van der Waals surface area contributed by atoms with E-state index in [1.54, 1.807) is 31.2 Å². The minimum Gasteiger partial charge on any atom is -0.482 e. The van der Waals surface area contributed by atoms with Crippen molar-refractivity contribution >= 4 is 40.5 Å². The summed E-state index contributed by atoms with van der Waals surface area (Å²) in [5, 5.41) is 14.0. The van der Waals surface area contributed by atoms with Crippen molar-refractivity contribution in [2.24, 2.45) is 0 Å². The predicted octanol–water partition coefficient (Wildman–Crippen LogP) is 2.92. The van der Waals surface area contributed by atoms with Gasteiger partial charge in [0.2, 0.25) is 5.91 Å². The van der Waals surface area contributed by atoms with Gasteiger partial charge in [0.25, 0.3) is 11.6 Å². The van der Waals surface area contributed by atoms with Gasteiger partial charge in [-0.05, 0) is 31.2 Å². The minimum absolute atomic E-state index is 0.0950. The molecule has 1 heterocycles. The molecule has 8 nitrogen and oxygen atoms in total. The third kappa shape index (κ3) is 3.60. The molecule has 0 saturated heterocycles. The molecule has 1 N–H and O–H groups in total. The van der Waals surface area contributed by atoms with Crippen LogP contribution in [0.4, 0.5) is 17.1 Å². The molecule has 9 heteroatoms. The summed E-state index contributed by atoms with van der Waals surface area (Å²) >= 11 is 5.96. The van der Waals surface area contributed by atoms with E-state index < -0.39 is 10.8 Å². The standard InChI is InChI=1S/C17H14ClN3O5/c1-10-2-4-12(7-13(10)21(24)25)19-16(22)8-20-14-6-11(18)3-5-15(14)26-9-17(20)23/h2-7H,8-9H2,1H3,(H,19,22). The number of hydrogen-bond donors (Lipinski definition) is 1. The Morgan fingerprint density at radius 1 is 1.35 bits per heavy atom. The molecule has 2 amide bonds. The fraction of sp³-hybridized carbons (Fsp3) is 0.176. The van der Waals surface area contributed by atoms with Crippen LogP contribution in [0.25, 0.3) is 0 Å². The summed E-state index contributed by atoms with van der Waals surface area (Å²) in [6.07, 6.45) is 0. The molecule has 0 spiro atoms. The van der Waals surface area contributed by atoms with Crippen molar-refractivity contribution in [1.29, 1.82) is 0 Å². The fourth-order valence-corrected chi connectivity index (χ4v) is 2.74. The molecule has 0 unspecified atom stereocenters. The number of anilines is 2. The van der Waals surface area contributed by atoms with Crippen LogP contribution in [0.15, 0.2) is 36.4 Å². The number of carbonyl (C=O) groups is 2. The van der Waals surface area contributed by atoms with Gasteiger partial charge in [0.05, 0.1) is 10.6 Å². The molecule has 26 heavy (non-hydrogen) atoms. The number of nitro groups is 1. The van der Waals surface area contributed by atoms with Crippen LogP contribution in [0, 0.1) is 17.0 Å². The average molecular weight is 376 g/mol. The lowest BCUT2D eigenvalue weighted by Gasteiger charge is -2.29. The Kier molecular flexibility index (Phi) is 4.77. The van der Waals surface area contributed by atoms with Crippen LogP contribution < -0.4 is 15.0 Å². The van der Waals surface area contributed by atoms with Crippen LogP contribution >= 0.6 is 11.6 Å². The van der Waals surface area contributed by atoms with E-state index in [1.165, 1.54) is 17.0 Å². The SMILES string of the molecule is Cc1ccc(NC(=O)CN2C(=O)COc3ccc(Cl)cc32)cc1[N+](=O)[O-]. The summed E-state index contributed by atoms with van der Waals surface area (Å²) in [5.74, 6) is -0.429. The number of nitrogens with zero attached hydrogens (tertiary/aromatic N) is 2. The second-order valence-corrected chi connectivity index (χ2v) is 6.12. The van der Waals surface area contributed by atoms with Crippen molar-refractivity contribution in [1.82, 2.24) is 0 Å². The number of ether oxygens (including phenoxy) is 1. The molecule has 0 aliphatic carbocycles. The van der Waals surface area contributed by atoms with Crippen LogP contribution in [-0.4, -0.2) is 29.9 Å². The van der Waals surface area contributed by atoms with Gasteiger partial charge in [0, 0.05) is 22.3 Å². The van der Waals surface area contributed by atoms with Crippen LogP contribution in [0.2, 0.25) is 5.02 Å². The van der Waals surface area contributed by atoms with Crippen LogP contribution in [-0.2, 0) is 9.59 Å². The maximum Gasteiger partial charge on any atom is 0.274 e. The van der Waals surface area contributed by atoms with E-state index in [9.17, 15) is 19.7 Å². The van der Waals surface area contributed by atoms with Gasteiger partial charge in [-0.3, -0.25) is 24.6 Å². The Balaban J connectivity index is 1.79. The molecular weight excluding hydrogens is 362 g/mol. The molecule has 0 atom stereocenters. The second kappa shape index (κ2) is 7.01. The summed E-state index contributed by atoms with van der Waals surface area (Å²) in [6.45, 7) is 1.16. The predicted molar refractivity (Wildman–Crippen MR) is 95.8 cm³/mol. The highest BCUT2D eigenvalue weighted by Crippen LogP contribution is 2.34. The van der Waals surface area contributed by atoms with E-state index in [0.29, 0.717) is 22.0 Å². The third-order valence-corrected chi connectivity index (χ3v) is 4.09. The van der Waals surface area contributed by atoms with Crippen LogP contribution in [0.1, 0.15) is 5.56 Å². The van der Waals surface area contributed by atoms with Gasteiger partial charge in [0.15, 0.2) is 6.61 Å². The highest BCUT2D eigenvalue weighted by atomic mass is 35.5. The lowest BCUT2D eigenvalue weighted by Crippen LogP contribution is -2.43. The fourth-order valence-electron chi connectivity index (χ4n) is 2.58. The van der Waals surface area contributed by atoms with Gasteiger partial charge in [-0.2, -0.15) is 0 Å². The van der Waals surface area contributed by atoms with Gasteiger partial charge in [-0.25, -0.2) is 0 Å². The van der Waals surface area contributed by atoms with Gasteiger partial charge >= 0.3 is 0 Å². The normalized spacial score (nSPS) is 13.0. The molecule has 2 aromatic rings.